The van der Waals surface area contributed by atoms with Crippen LogP contribution in [0.5, 0.6) is 0 Å². The Morgan fingerprint density at radius 1 is 1.00 bits per heavy atom. The normalized spacial score (nSPS) is 28.6. The minimum atomic E-state index is 0.00453. The van der Waals surface area contributed by atoms with Gasteiger partial charge in [-0.05, 0) is 36.6 Å². The topological polar surface area (TPSA) is 12.0 Å². The maximum atomic E-state index is 3.80. The third-order valence-electron chi connectivity index (χ3n) is 5.75. The van der Waals surface area contributed by atoms with Crippen LogP contribution in [0.4, 0.5) is 0 Å². The molecule has 0 amide bonds. The standard InChI is InChI=1S/C23H25N/c1-17-10-12-19(13-11-17)23(2)15-6-5-9-21(23)22-20-8-4-3-7-18(20)14-16-24-22/h3-13,15,21-22,24H,14,16H2,1-2H3. The minimum absolute atomic E-state index is 0.00453. The molecule has 24 heavy (non-hydrogen) atoms. The molecule has 1 nitrogen and oxygen atoms in total. The van der Waals surface area contributed by atoms with Crippen molar-refractivity contribution in [2.45, 2.75) is 31.7 Å². The van der Waals surface area contributed by atoms with Crippen LogP contribution in [-0.2, 0) is 11.8 Å². The molecule has 0 saturated carbocycles. The summed E-state index contributed by atoms with van der Waals surface area (Å²) in [6.45, 7) is 5.58. The van der Waals surface area contributed by atoms with Crippen molar-refractivity contribution in [1.29, 1.82) is 0 Å². The molecular weight excluding hydrogens is 290 g/mol. The van der Waals surface area contributed by atoms with E-state index in [9.17, 15) is 0 Å². The highest BCUT2D eigenvalue weighted by molar-refractivity contribution is 5.42. The van der Waals surface area contributed by atoms with E-state index in [0.717, 1.165) is 13.0 Å². The van der Waals surface area contributed by atoms with Crippen LogP contribution in [-0.4, -0.2) is 6.54 Å². The van der Waals surface area contributed by atoms with Gasteiger partial charge in [0.15, 0.2) is 0 Å². The average molecular weight is 315 g/mol. The molecule has 0 aromatic heterocycles. The van der Waals surface area contributed by atoms with E-state index in [2.05, 4.69) is 92.0 Å². The predicted molar refractivity (Wildman–Crippen MR) is 101 cm³/mol. The van der Waals surface area contributed by atoms with Gasteiger partial charge in [0.2, 0.25) is 0 Å². The van der Waals surface area contributed by atoms with Gasteiger partial charge >= 0.3 is 0 Å². The summed E-state index contributed by atoms with van der Waals surface area (Å²) >= 11 is 0. The van der Waals surface area contributed by atoms with Gasteiger partial charge in [0.05, 0.1) is 0 Å². The number of hydrogen-bond donors (Lipinski definition) is 1. The summed E-state index contributed by atoms with van der Waals surface area (Å²) in [6, 6.07) is 18.3. The number of benzene rings is 2. The second kappa shape index (κ2) is 6.07. The van der Waals surface area contributed by atoms with Crippen molar-refractivity contribution in [3.8, 4) is 0 Å². The van der Waals surface area contributed by atoms with Crippen LogP contribution in [0.2, 0.25) is 0 Å². The molecular formula is C23H25N. The number of hydrogen-bond acceptors (Lipinski definition) is 1. The Bertz CT molecular complexity index is 784. The monoisotopic (exact) mass is 315 g/mol. The Morgan fingerprint density at radius 3 is 2.62 bits per heavy atom. The van der Waals surface area contributed by atoms with Gasteiger partial charge in [-0.2, -0.15) is 0 Å². The fraction of sp³-hybridized carbons (Fsp3) is 0.304. The lowest BCUT2D eigenvalue weighted by atomic mass is 9.65. The summed E-state index contributed by atoms with van der Waals surface area (Å²) in [7, 11) is 0. The zero-order valence-electron chi connectivity index (χ0n) is 14.5. The molecule has 0 spiro atoms. The van der Waals surface area contributed by atoms with Gasteiger partial charge in [0.25, 0.3) is 0 Å². The van der Waals surface area contributed by atoms with Gasteiger partial charge < -0.3 is 5.32 Å². The first-order chi connectivity index (χ1) is 11.7. The van der Waals surface area contributed by atoms with Crippen LogP contribution < -0.4 is 5.32 Å². The molecule has 3 unspecified atom stereocenters. The van der Waals surface area contributed by atoms with Crippen LogP contribution in [0, 0.1) is 12.8 Å². The van der Waals surface area contributed by atoms with Crippen molar-refractivity contribution >= 4 is 0 Å². The minimum Gasteiger partial charge on any atom is -0.309 e. The van der Waals surface area contributed by atoms with E-state index in [1.165, 1.54) is 22.3 Å². The number of allylic oxidation sites excluding steroid dienone is 3. The SMILES string of the molecule is Cc1ccc(C2(C)C=CC=CC2C2NCCc3ccccc32)cc1. The van der Waals surface area contributed by atoms with Crippen LogP contribution in [0.15, 0.2) is 72.8 Å². The summed E-state index contributed by atoms with van der Waals surface area (Å²) < 4.78 is 0. The molecule has 0 saturated heterocycles. The summed E-state index contributed by atoms with van der Waals surface area (Å²) in [6.07, 6.45) is 10.3. The molecule has 1 aliphatic heterocycles. The van der Waals surface area contributed by atoms with Gasteiger partial charge in [-0.25, -0.2) is 0 Å². The van der Waals surface area contributed by atoms with E-state index in [1.807, 2.05) is 0 Å². The van der Waals surface area contributed by atoms with E-state index in [0.29, 0.717) is 12.0 Å². The maximum absolute atomic E-state index is 3.80. The molecule has 4 rings (SSSR count). The molecule has 2 aromatic rings. The fourth-order valence-corrected chi connectivity index (χ4v) is 4.27. The quantitative estimate of drug-likeness (QED) is 0.832. The number of rotatable bonds is 2. The van der Waals surface area contributed by atoms with E-state index < -0.39 is 0 Å². The smallest absolute Gasteiger partial charge is 0.0398 e. The molecule has 0 fully saturated rings. The molecule has 2 aromatic carbocycles. The van der Waals surface area contributed by atoms with Crippen molar-refractivity contribution in [3.63, 3.8) is 0 Å². The summed E-state index contributed by atoms with van der Waals surface area (Å²) in [4.78, 5) is 0. The van der Waals surface area contributed by atoms with Gasteiger partial charge in [-0.1, -0.05) is 85.3 Å². The van der Waals surface area contributed by atoms with Crippen LogP contribution in [0.3, 0.4) is 0 Å². The lowest BCUT2D eigenvalue weighted by Crippen LogP contribution is -2.43. The van der Waals surface area contributed by atoms with Crippen molar-refractivity contribution in [2.24, 2.45) is 5.92 Å². The molecule has 0 bridgehead atoms. The van der Waals surface area contributed by atoms with Gasteiger partial charge in [0.1, 0.15) is 0 Å². The lowest BCUT2D eigenvalue weighted by Gasteiger charge is -2.43. The van der Waals surface area contributed by atoms with Crippen LogP contribution >= 0.6 is 0 Å². The first-order valence-electron chi connectivity index (χ1n) is 8.93. The Kier molecular flexibility index (Phi) is 3.90. The molecule has 1 heteroatoms. The molecule has 122 valence electrons. The van der Waals surface area contributed by atoms with Crippen LogP contribution in [0.25, 0.3) is 0 Å². The number of nitrogens with one attached hydrogen (secondary N) is 1. The molecule has 3 atom stereocenters. The van der Waals surface area contributed by atoms with E-state index >= 15 is 0 Å². The zero-order valence-corrected chi connectivity index (χ0v) is 14.5. The highest BCUT2D eigenvalue weighted by atomic mass is 14.9. The second-order valence-corrected chi connectivity index (χ2v) is 7.30. The fourth-order valence-electron chi connectivity index (χ4n) is 4.27. The number of aryl methyl sites for hydroxylation is 1. The summed E-state index contributed by atoms with van der Waals surface area (Å²) in [5.74, 6) is 0.409. The van der Waals surface area contributed by atoms with Crippen molar-refractivity contribution in [1.82, 2.24) is 5.32 Å². The average Bonchev–Trinajstić information content (AvgIpc) is 2.62. The summed E-state index contributed by atoms with van der Waals surface area (Å²) in [5, 5.41) is 3.80. The molecule has 0 radical (unpaired) electrons. The Morgan fingerprint density at radius 2 is 1.79 bits per heavy atom. The van der Waals surface area contributed by atoms with E-state index in [1.54, 1.807) is 0 Å². The molecule has 1 aliphatic carbocycles. The lowest BCUT2D eigenvalue weighted by molar-refractivity contribution is 0.306. The largest absolute Gasteiger partial charge is 0.309 e. The van der Waals surface area contributed by atoms with Gasteiger partial charge in [0, 0.05) is 17.4 Å². The second-order valence-electron chi connectivity index (χ2n) is 7.30. The third kappa shape index (κ3) is 2.53. The number of fused-ring (bicyclic) bond motifs is 1. The highest BCUT2D eigenvalue weighted by Gasteiger charge is 2.40. The predicted octanol–water partition coefficient (Wildman–Crippen LogP) is 4.88. The van der Waals surface area contributed by atoms with E-state index in [-0.39, 0.29) is 5.41 Å². The maximum Gasteiger partial charge on any atom is 0.0398 e. The van der Waals surface area contributed by atoms with Crippen molar-refractivity contribution < 1.29 is 0 Å². The van der Waals surface area contributed by atoms with Gasteiger partial charge in [-0.15, -0.1) is 0 Å². The third-order valence-corrected chi connectivity index (χ3v) is 5.75. The van der Waals surface area contributed by atoms with E-state index in [4.69, 9.17) is 0 Å². The zero-order chi connectivity index (χ0) is 16.6. The Labute approximate surface area is 145 Å². The molecule has 1 heterocycles. The Balaban J connectivity index is 1.78. The summed E-state index contributed by atoms with van der Waals surface area (Å²) in [5.41, 5.74) is 5.67. The molecule has 1 N–H and O–H groups in total. The van der Waals surface area contributed by atoms with Gasteiger partial charge in [-0.3, -0.25) is 0 Å². The molecule has 2 aliphatic rings. The highest BCUT2D eigenvalue weighted by Crippen LogP contribution is 2.45. The first kappa shape index (κ1) is 15.4. The van der Waals surface area contributed by atoms with Crippen molar-refractivity contribution in [2.75, 3.05) is 6.54 Å². The van der Waals surface area contributed by atoms with Crippen LogP contribution in [0.1, 0.15) is 35.2 Å². The first-order valence-corrected chi connectivity index (χ1v) is 8.93. The van der Waals surface area contributed by atoms with Crippen molar-refractivity contribution in [3.05, 3.63) is 95.1 Å². The Hall–Kier alpha value is -2.12.